The molecule has 0 spiro atoms. The second-order valence-electron chi connectivity index (χ2n) is 4.70. The van der Waals surface area contributed by atoms with Gasteiger partial charge in [0.2, 0.25) is 0 Å². The number of nitrogens with zero attached hydrogens (tertiary/aromatic N) is 1. The lowest BCUT2D eigenvalue weighted by atomic mass is 9.94. The van der Waals surface area contributed by atoms with Gasteiger partial charge in [-0.2, -0.15) is 0 Å². The number of aliphatic hydroxyl groups is 4. The quantitative estimate of drug-likeness (QED) is 0.446. The van der Waals surface area contributed by atoms with Gasteiger partial charge < -0.3 is 20.4 Å². The summed E-state index contributed by atoms with van der Waals surface area (Å²) in [5, 5.41) is 37.9. The molecule has 2 rings (SSSR count). The Bertz CT molecular complexity index is 221. The van der Waals surface area contributed by atoms with Crippen LogP contribution in [0.15, 0.2) is 0 Å². The predicted molar refractivity (Wildman–Crippen MR) is 53.2 cm³/mol. The maximum Gasteiger partial charge on any atom is 0.109 e. The van der Waals surface area contributed by atoms with Gasteiger partial charge in [-0.1, -0.05) is 0 Å². The highest BCUT2D eigenvalue weighted by molar-refractivity contribution is 4.95. The first kappa shape index (κ1) is 11.3. The Balaban J connectivity index is 2.00. The summed E-state index contributed by atoms with van der Waals surface area (Å²) in [7, 11) is 0. The number of β-amino-alcohol motifs (C(OH)–C–C–N with tert-alkyl or cyclic N) is 1. The van der Waals surface area contributed by atoms with Crippen molar-refractivity contribution in [2.75, 3.05) is 19.7 Å². The number of rotatable bonds is 3. The molecule has 4 atom stereocenters. The standard InChI is InChI=1S/C10H19NO4/c12-5-7-9(14)10(15)8(13)4-11(7)3-6-1-2-6/h6-10,12-15H,1-5H2/t7-,8+,9-,10-/m1/s1. The average Bonchev–Trinajstić information content (AvgIpc) is 2.99. The molecule has 1 saturated carbocycles. The summed E-state index contributed by atoms with van der Waals surface area (Å²) in [5.74, 6) is 0.633. The van der Waals surface area contributed by atoms with Crippen LogP contribution in [0.5, 0.6) is 0 Å². The lowest BCUT2D eigenvalue weighted by Gasteiger charge is -2.43. The molecule has 5 nitrogen and oxygen atoms in total. The summed E-state index contributed by atoms with van der Waals surface area (Å²) in [6.07, 6.45) is -0.746. The number of piperidine rings is 1. The average molecular weight is 217 g/mol. The zero-order valence-corrected chi connectivity index (χ0v) is 8.66. The third-order valence-electron chi connectivity index (χ3n) is 3.41. The van der Waals surface area contributed by atoms with Gasteiger partial charge in [0.15, 0.2) is 0 Å². The monoisotopic (exact) mass is 217 g/mol. The zero-order chi connectivity index (χ0) is 11.0. The first-order valence-electron chi connectivity index (χ1n) is 5.52. The van der Waals surface area contributed by atoms with Crippen molar-refractivity contribution < 1.29 is 20.4 Å². The van der Waals surface area contributed by atoms with E-state index in [1.807, 2.05) is 4.90 Å². The molecule has 0 aromatic rings. The van der Waals surface area contributed by atoms with Crippen LogP contribution in [0.4, 0.5) is 0 Å². The highest BCUT2D eigenvalue weighted by Gasteiger charge is 2.42. The van der Waals surface area contributed by atoms with Crippen molar-refractivity contribution in [2.24, 2.45) is 5.92 Å². The Hall–Kier alpha value is -0.200. The van der Waals surface area contributed by atoms with Gasteiger partial charge in [-0.3, -0.25) is 4.90 Å². The summed E-state index contributed by atoms with van der Waals surface area (Å²) in [5.41, 5.74) is 0. The van der Waals surface area contributed by atoms with Crippen LogP contribution in [-0.2, 0) is 0 Å². The lowest BCUT2D eigenvalue weighted by Crippen LogP contribution is -2.62. The van der Waals surface area contributed by atoms with E-state index >= 15 is 0 Å². The van der Waals surface area contributed by atoms with Crippen molar-refractivity contribution in [2.45, 2.75) is 37.2 Å². The maximum atomic E-state index is 9.70. The molecular weight excluding hydrogens is 198 g/mol. The van der Waals surface area contributed by atoms with Crippen LogP contribution in [-0.4, -0.2) is 69.4 Å². The van der Waals surface area contributed by atoms with Gasteiger partial charge in [0.1, 0.15) is 12.2 Å². The Labute approximate surface area is 88.9 Å². The third-order valence-corrected chi connectivity index (χ3v) is 3.41. The number of hydrogen-bond donors (Lipinski definition) is 4. The Morgan fingerprint density at radius 2 is 1.73 bits per heavy atom. The predicted octanol–water partition coefficient (Wildman–Crippen LogP) is -1.84. The van der Waals surface area contributed by atoms with Gasteiger partial charge in [-0.15, -0.1) is 0 Å². The first-order valence-corrected chi connectivity index (χ1v) is 5.52. The molecule has 1 aliphatic carbocycles. The van der Waals surface area contributed by atoms with E-state index in [4.69, 9.17) is 0 Å². The van der Waals surface area contributed by atoms with Gasteiger partial charge in [0.05, 0.1) is 18.8 Å². The van der Waals surface area contributed by atoms with Gasteiger partial charge >= 0.3 is 0 Å². The third kappa shape index (κ3) is 2.32. The molecule has 0 amide bonds. The van der Waals surface area contributed by atoms with Crippen molar-refractivity contribution in [3.05, 3.63) is 0 Å². The van der Waals surface area contributed by atoms with E-state index in [1.165, 1.54) is 12.8 Å². The zero-order valence-electron chi connectivity index (χ0n) is 8.66. The van der Waals surface area contributed by atoms with Crippen LogP contribution in [0.25, 0.3) is 0 Å². The van der Waals surface area contributed by atoms with Crippen molar-refractivity contribution >= 4 is 0 Å². The molecule has 15 heavy (non-hydrogen) atoms. The highest BCUT2D eigenvalue weighted by Crippen LogP contribution is 2.32. The Kier molecular flexibility index (Phi) is 3.27. The molecule has 0 aromatic heterocycles. The topological polar surface area (TPSA) is 84.2 Å². The van der Waals surface area contributed by atoms with E-state index in [1.54, 1.807) is 0 Å². The van der Waals surface area contributed by atoms with Gasteiger partial charge in [-0.25, -0.2) is 0 Å². The smallest absolute Gasteiger partial charge is 0.109 e. The summed E-state index contributed by atoms with van der Waals surface area (Å²) < 4.78 is 0. The molecule has 88 valence electrons. The summed E-state index contributed by atoms with van der Waals surface area (Å²) in [6.45, 7) is 0.948. The maximum absolute atomic E-state index is 9.70. The van der Waals surface area contributed by atoms with Crippen molar-refractivity contribution in [3.63, 3.8) is 0 Å². The molecule has 1 aliphatic heterocycles. The molecule has 0 aromatic carbocycles. The molecule has 0 unspecified atom stereocenters. The normalized spacial score (nSPS) is 43.2. The minimum Gasteiger partial charge on any atom is -0.395 e. The van der Waals surface area contributed by atoms with E-state index < -0.39 is 24.4 Å². The minimum atomic E-state index is -1.14. The second-order valence-corrected chi connectivity index (χ2v) is 4.70. The second kappa shape index (κ2) is 4.35. The fraction of sp³-hybridized carbons (Fsp3) is 1.00. The van der Waals surface area contributed by atoms with E-state index in [0.717, 1.165) is 6.54 Å². The molecule has 2 fully saturated rings. The molecule has 1 heterocycles. The van der Waals surface area contributed by atoms with Gasteiger partial charge in [0, 0.05) is 13.1 Å². The molecule has 0 radical (unpaired) electrons. The lowest BCUT2D eigenvalue weighted by molar-refractivity contribution is -0.145. The van der Waals surface area contributed by atoms with Crippen LogP contribution in [0.3, 0.4) is 0 Å². The van der Waals surface area contributed by atoms with Crippen LogP contribution in [0.2, 0.25) is 0 Å². The SMILES string of the molecule is OC[C@@H]1[C@@H](O)[C@H](O)[C@@H](O)CN1CC1CC1. The highest BCUT2D eigenvalue weighted by atomic mass is 16.4. The van der Waals surface area contributed by atoms with Crippen LogP contribution in [0, 0.1) is 5.92 Å². The minimum absolute atomic E-state index is 0.183. The van der Waals surface area contributed by atoms with E-state index in [9.17, 15) is 20.4 Å². The Morgan fingerprint density at radius 1 is 1.07 bits per heavy atom. The molecule has 4 N–H and O–H groups in total. The molecule has 5 heteroatoms. The summed E-state index contributed by atoms with van der Waals surface area (Å²) in [4.78, 5) is 1.89. The van der Waals surface area contributed by atoms with E-state index in [2.05, 4.69) is 0 Å². The summed E-state index contributed by atoms with van der Waals surface area (Å²) >= 11 is 0. The van der Waals surface area contributed by atoms with Gasteiger partial charge in [0.25, 0.3) is 0 Å². The fourth-order valence-corrected chi connectivity index (χ4v) is 2.22. The first-order chi connectivity index (χ1) is 7.13. The van der Waals surface area contributed by atoms with E-state index in [0.29, 0.717) is 12.5 Å². The number of aliphatic hydroxyl groups excluding tert-OH is 4. The molecule has 1 saturated heterocycles. The molecule has 0 bridgehead atoms. The van der Waals surface area contributed by atoms with E-state index in [-0.39, 0.29) is 6.61 Å². The van der Waals surface area contributed by atoms with Crippen LogP contribution in [0.1, 0.15) is 12.8 Å². The molecular formula is C10H19NO4. The molecule has 2 aliphatic rings. The number of likely N-dealkylation sites (tertiary alicyclic amines) is 1. The van der Waals surface area contributed by atoms with Crippen molar-refractivity contribution in [1.82, 2.24) is 4.90 Å². The number of hydrogen-bond acceptors (Lipinski definition) is 5. The van der Waals surface area contributed by atoms with Gasteiger partial charge in [-0.05, 0) is 18.8 Å². The van der Waals surface area contributed by atoms with Crippen molar-refractivity contribution in [1.29, 1.82) is 0 Å². The Morgan fingerprint density at radius 3 is 2.27 bits per heavy atom. The largest absolute Gasteiger partial charge is 0.395 e. The summed E-state index contributed by atoms with van der Waals surface area (Å²) in [6, 6.07) is -0.441. The van der Waals surface area contributed by atoms with Crippen LogP contribution >= 0.6 is 0 Å². The van der Waals surface area contributed by atoms with Crippen molar-refractivity contribution in [3.8, 4) is 0 Å². The fourth-order valence-electron chi connectivity index (χ4n) is 2.22. The van der Waals surface area contributed by atoms with Crippen LogP contribution < -0.4 is 0 Å².